The maximum atomic E-state index is 5.41. The number of rotatable bonds is 1. The number of alkyl halides is 1. The average molecular weight is 155 g/mol. The van der Waals surface area contributed by atoms with Crippen molar-refractivity contribution in [3.63, 3.8) is 0 Å². The van der Waals surface area contributed by atoms with Crippen LogP contribution in [0.2, 0.25) is 0 Å². The Morgan fingerprint density at radius 1 is 1.75 bits per heavy atom. The summed E-state index contributed by atoms with van der Waals surface area (Å²) < 4.78 is 0. The summed E-state index contributed by atoms with van der Waals surface area (Å²) in [5.74, 6) is 1.46. The van der Waals surface area contributed by atoms with E-state index in [1.807, 2.05) is 0 Å². The van der Waals surface area contributed by atoms with Crippen LogP contribution >= 0.6 is 24.0 Å². The van der Waals surface area contributed by atoms with E-state index in [-0.39, 0.29) is 12.4 Å². The van der Waals surface area contributed by atoms with E-state index in [4.69, 9.17) is 11.6 Å². The highest BCUT2D eigenvalue weighted by Crippen LogP contribution is 1.85. The molecule has 0 aromatic carbocycles. The molecule has 0 atom stereocenters. The van der Waals surface area contributed by atoms with Crippen LogP contribution in [0.3, 0.4) is 0 Å². The minimum absolute atomic E-state index is 0. The average Bonchev–Trinajstić information content (AvgIpc) is 2.14. The van der Waals surface area contributed by atoms with E-state index in [2.05, 4.69) is 10.3 Å². The van der Waals surface area contributed by atoms with Crippen molar-refractivity contribution in [1.29, 1.82) is 0 Å². The first kappa shape index (κ1) is 8.05. The molecule has 0 fully saturated rings. The molecule has 0 spiro atoms. The van der Waals surface area contributed by atoms with Gasteiger partial charge in [-0.1, -0.05) is 0 Å². The van der Waals surface area contributed by atoms with Gasteiger partial charge in [0.15, 0.2) is 0 Å². The molecule has 0 radical (unpaired) electrons. The summed E-state index contributed by atoms with van der Waals surface area (Å²) in [5.41, 5.74) is 0. The molecule has 0 bridgehead atoms. The van der Waals surface area contributed by atoms with Gasteiger partial charge in [0.1, 0.15) is 5.84 Å². The molecule has 0 amide bonds. The monoisotopic (exact) mass is 154 g/mol. The lowest BCUT2D eigenvalue weighted by atomic mass is 10.7. The lowest BCUT2D eigenvalue weighted by Gasteiger charge is -1.90. The second kappa shape index (κ2) is 3.98. The Morgan fingerprint density at radius 2 is 2.50 bits per heavy atom. The molecule has 0 aliphatic carbocycles. The predicted molar refractivity (Wildman–Crippen MR) is 38.3 cm³/mol. The van der Waals surface area contributed by atoms with Crippen molar-refractivity contribution in [1.82, 2.24) is 5.32 Å². The lowest BCUT2D eigenvalue weighted by molar-refractivity contribution is 0.959. The Bertz CT molecular complexity index is 92.0. The molecule has 2 nitrogen and oxygen atoms in total. The van der Waals surface area contributed by atoms with E-state index in [1.165, 1.54) is 0 Å². The quantitative estimate of drug-likeness (QED) is 0.552. The molecule has 0 aromatic heterocycles. The van der Waals surface area contributed by atoms with Gasteiger partial charge in [0.05, 0.1) is 12.4 Å². The largest absolute Gasteiger partial charge is 0.371 e. The second-order valence-corrected chi connectivity index (χ2v) is 1.66. The molecule has 0 saturated heterocycles. The standard InChI is InChI=1S/C4H7ClN2.ClH/c5-3-4-6-1-2-7-4;/h1-3H2,(H,6,7);1H. The summed E-state index contributed by atoms with van der Waals surface area (Å²) >= 11 is 5.41. The molecule has 1 heterocycles. The molecule has 0 aromatic rings. The van der Waals surface area contributed by atoms with Crippen LogP contribution in [0.1, 0.15) is 0 Å². The third kappa shape index (κ3) is 1.88. The van der Waals surface area contributed by atoms with Gasteiger partial charge in [0.2, 0.25) is 0 Å². The van der Waals surface area contributed by atoms with Gasteiger partial charge in [-0.3, -0.25) is 4.99 Å². The van der Waals surface area contributed by atoms with E-state index < -0.39 is 0 Å². The van der Waals surface area contributed by atoms with Crippen molar-refractivity contribution in [2.45, 2.75) is 0 Å². The van der Waals surface area contributed by atoms with Crippen molar-refractivity contribution in [3.8, 4) is 0 Å². The van der Waals surface area contributed by atoms with Crippen LogP contribution in [-0.2, 0) is 0 Å². The van der Waals surface area contributed by atoms with Gasteiger partial charge < -0.3 is 5.32 Å². The van der Waals surface area contributed by atoms with Crippen LogP contribution in [0.4, 0.5) is 0 Å². The van der Waals surface area contributed by atoms with Crippen LogP contribution < -0.4 is 5.32 Å². The fraction of sp³-hybridized carbons (Fsp3) is 0.750. The molecule has 48 valence electrons. The Morgan fingerprint density at radius 3 is 2.75 bits per heavy atom. The predicted octanol–water partition coefficient (Wildman–Crippen LogP) is 0.649. The Balaban J connectivity index is 0.000000490. The topological polar surface area (TPSA) is 24.4 Å². The molecule has 8 heavy (non-hydrogen) atoms. The van der Waals surface area contributed by atoms with Crippen LogP contribution in [0.25, 0.3) is 0 Å². The molecule has 1 N–H and O–H groups in total. The number of amidine groups is 1. The number of hydrogen-bond donors (Lipinski definition) is 1. The zero-order valence-electron chi connectivity index (χ0n) is 4.35. The first-order chi connectivity index (χ1) is 3.43. The Hall–Kier alpha value is 0.0500. The molecular formula is C4H8Cl2N2. The molecular weight excluding hydrogens is 147 g/mol. The third-order valence-electron chi connectivity index (χ3n) is 0.870. The first-order valence-electron chi connectivity index (χ1n) is 2.26. The second-order valence-electron chi connectivity index (χ2n) is 1.39. The zero-order chi connectivity index (χ0) is 5.11. The molecule has 4 heteroatoms. The van der Waals surface area contributed by atoms with Crippen LogP contribution in [-0.4, -0.2) is 24.8 Å². The van der Waals surface area contributed by atoms with Crippen molar-refractivity contribution >= 4 is 29.8 Å². The van der Waals surface area contributed by atoms with Gasteiger partial charge in [-0.2, -0.15) is 0 Å². The zero-order valence-corrected chi connectivity index (χ0v) is 5.93. The normalized spacial score (nSPS) is 16.4. The third-order valence-corrected chi connectivity index (χ3v) is 1.12. The van der Waals surface area contributed by atoms with Gasteiger partial charge in [-0.05, 0) is 0 Å². The summed E-state index contributed by atoms with van der Waals surface area (Å²) in [4.78, 5) is 4.03. The van der Waals surface area contributed by atoms with Gasteiger partial charge in [0.25, 0.3) is 0 Å². The maximum absolute atomic E-state index is 5.41. The molecule has 0 saturated carbocycles. The summed E-state index contributed by atoms with van der Waals surface area (Å²) in [6.45, 7) is 1.85. The molecule has 1 rings (SSSR count). The van der Waals surface area contributed by atoms with Gasteiger partial charge >= 0.3 is 0 Å². The summed E-state index contributed by atoms with van der Waals surface area (Å²) in [6.07, 6.45) is 0. The first-order valence-corrected chi connectivity index (χ1v) is 2.80. The smallest absolute Gasteiger partial charge is 0.111 e. The SMILES string of the molecule is Cl.ClCC1=NCCN1. The maximum Gasteiger partial charge on any atom is 0.111 e. The van der Waals surface area contributed by atoms with Gasteiger partial charge in [0, 0.05) is 6.54 Å². The van der Waals surface area contributed by atoms with E-state index in [0.717, 1.165) is 18.9 Å². The van der Waals surface area contributed by atoms with Crippen molar-refractivity contribution in [3.05, 3.63) is 0 Å². The minimum Gasteiger partial charge on any atom is -0.371 e. The van der Waals surface area contributed by atoms with Crippen molar-refractivity contribution < 1.29 is 0 Å². The van der Waals surface area contributed by atoms with Crippen LogP contribution in [0.15, 0.2) is 4.99 Å². The highest BCUT2D eigenvalue weighted by Gasteiger charge is 1.99. The summed E-state index contributed by atoms with van der Waals surface area (Å²) in [6, 6.07) is 0. The van der Waals surface area contributed by atoms with Crippen molar-refractivity contribution in [2.24, 2.45) is 4.99 Å². The van der Waals surface area contributed by atoms with E-state index in [9.17, 15) is 0 Å². The number of hydrogen-bond acceptors (Lipinski definition) is 2. The van der Waals surface area contributed by atoms with E-state index in [0.29, 0.717) is 5.88 Å². The van der Waals surface area contributed by atoms with Crippen molar-refractivity contribution in [2.75, 3.05) is 19.0 Å². The van der Waals surface area contributed by atoms with Gasteiger partial charge in [-0.15, -0.1) is 24.0 Å². The van der Waals surface area contributed by atoms with E-state index in [1.54, 1.807) is 0 Å². The number of aliphatic imine (C=N–C) groups is 1. The van der Waals surface area contributed by atoms with Crippen LogP contribution in [0.5, 0.6) is 0 Å². The molecule has 0 unspecified atom stereocenters. The minimum atomic E-state index is 0. The lowest BCUT2D eigenvalue weighted by Crippen LogP contribution is -2.19. The fourth-order valence-electron chi connectivity index (χ4n) is 0.536. The number of halogens is 2. The highest BCUT2D eigenvalue weighted by molar-refractivity contribution is 6.28. The van der Waals surface area contributed by atoms with E-state index >= 15 is 0 Å². The number of nitrogens with zero attached hydrogens (tertiary/aromatic N) is 1. The molecule has 1 aliphatic rings. The number of nitrogens with one attached hydrogen (secondary N) is 1. The fourth-order valence-corrected chi connectivity index (χ4v) is 0.715. The van der Waals surface area contributed by atoms with Gasteiger partial charge in [-0.25, -0.2) is 0 Å². The Labute approximate surface area is 59.7 Å². The molecule has 1 aliphatic heterocycles. The Kier molecular flexibility index (Phi) is 4.01. The highest BCUT2D eigenvalue weighted by atomic mass is 35.5. The summed E-state index contributed by atoms with van der Waals surface area (Å²) in [5, 5.41) is 3.02. The summed E-state index contributed by atoms with van der Waals surface area (Å²) in [7, 11) is 0. The van der Waals surface area contributed by atoms with Crippen LogP contribution in [0, 0.1) is 0 Å².